The predicted molar refractivity (Wildman–Crippen MR) is 66.0 cm³/mol. The van der Waals surface area contributed by atoms with Gasteiger partial charge in [-0.05, 0) is 18.8 Å². The Morgan fingerprint density at radius 1 is 1.50 bits per heavy atom. The van der Waals surface area contributed by atoms with Gasteiger partial charge in [0.1, 0.15) is 5.82 Å². The molecule has 0 spiro atoms. The van der Waals surface area contributed by atoms with Gasteiger partial charge in [-0.25, -0.2) is 4.98 Å². The molecule has 16 heavy (non-hydrogen) atoms. The number of nitrogens with zero attached hydrogens (tertiary/aromatic N) is 3. The van der Waals surface area contributed by atoms with E-state index >= 15 is 0 Å². The van der Waals surface area contributed by atoms with Crippen LogP contribution in [-0.4, -0.2) is 34.2 Å². The maximum atomic E-state index is 9.23. The highest BCUT2D eigenvalue weighted by atomic mass is 32.1. The van der Waals surface area contributed by atoms with Crippen LogP contribution in [-0.2, 0) is 0 Å². The molecule has 1 aromatic heterocycles. The Balaban J connectivity index is 1.90. The van der Waals surface area contributed by atoms with Crippen molar-refractivity contribution in [2.45, 2.75) is 38.7 Å². The van der Waals surface area contributed by atoms with Gasteiger partial charge in [0.15, 0.2) is 0 Å². The zero-order valence-corrected chi connectivity index (χ0v) is 10.9. The van der Waals surface area contributed by atoms with Gasteiger partial charge in [0.25, 0.3) is 0 Å². The summed E-state index contributed by atoms with van der Waals surface area (Å²) in [6.07, 6.45) is 1.79. The average molecular weight is 241 g/mol. The van der Waals surface area contributed by atoms with Gasteiger partial charge in [0, 0.05) is 31.0 Å². The molecule has 0 atom stereocenters. The maximum absolute atomic E-state index is 9.23. The molecule has 0 amide bonds. The number of hydrogen-bond acceptors (Lipinski definition) is 5. The zero-order valence-electron chi connectivity index (χ0n) is 10.1. The molecule has 0 aromatic carbocycles. The van der Waals surface area contributed by atoms with E-state index in [4.69, 9.17) is 0 Å². The number of aliphatic hydroxyl groups is 1. The van der Waals surface area contributed by atoms with E-state index in [-0.39, 0.29) is 6.10 Å². The second-order valence-electron chi connectivity index (χ2n) is 4.96. The van der Waals surface area contributed by atoms with Crippen LogP contribution in [0.4, 0.5) is 5.13 Å². The molecule has 0 radical (unpaired) electrons. The average Bonchev–Trinajstić information content (AvgIpc) is 2.63. The molecule has 0 bridgehead atoms. The van der Waals surface area contributed by atoms with E-state index in [1.165, 1.54) is 11.5 Å². The lowest BCUT2D eigenvalue weighted by atomic mass is 9.82. The Kier molecular flexibility index (Phi) is 3.44. The quantitative estimate of drug-likeness (QED) is 0.874. The van der Waals surface area contributed by atoms with Crippen LogP contribution >= 0.6 is 11.5 Å². The number of aliphatic hydroxyl groups excluding tert-OH is 1. The molecule has 1 fully saturated rings. The summed E-state index contributed by atoms with van der Waals surface area (Å²) in [7, 11) is 2.05. The van der Waals surface area contributed by atoms with E-state index in [1.54, 1.807) is 0 Å². The van der Waals surface area contributed by atoms with Gasteiger partial charge >= 0.3 is 0 Å². The van der Waals surface area contributed by atoms with E-state index in [2.05, 4.69) is 35.2 Å². The second kappa shape index (κ2) is 4.67. The minimum absolute atomic E-state index is 0.0703. The highest BCUT2D eigenvalue weighted by Crippen LogP contribution is 2.29. The van der Waals surface area contributed by atoms with Crippen LogP contribution in [0.3, 0.4) is 0 Å². The fourth-order valence-corrected chi connectivity index (χ4v) is 2.71. The van der Waals surface area contributed by atoms with E-state index in [0.29, 0.717) is 11.8 Å². The topological polar surface area (TPSA) is 49.2 Å². The number of aromatic nitrogens is 2. The highest BCUT2D eigenvalue weighted by Gasteiger charge is 2.28. The third-order valence-corrected chi connectivity index (χ3v) is 3.86. The SMILES string of the molecule is CC(C)c1nsc(N(C)CC2CC(O)C2)n1. The number of hydrogen-bond donors (Lipinski definition) is 1. The Morgan fingerprint density at radius 3 is 2.69 bits per heavy atom. The van der Waals surface area contributed by atoms with Crippen molar-refractivity contribution in [1.29, 1.82) is 0 Å². The van der Waals surface area contributed by atoms with Crippen LogP contribution in [0.5, 0.6) is 0 Å². The third kappa shape index (κ3) is 2.52. The molecule has 2 rings (SSSR count). The van der Waals surface area contributed by atoms with Crippen molar-refractivity contribution in [3.8, 4) is 0 Å². The maximum Gasteiger partial charge on any atom is 0.204 e. The lowest BCUT2D eigenvalue weighted by Gasteiger charge is -2.34. The first-order chi connectivity index (χ1) is 7.56. The molecule has 1 heterocycles. The number of rotatable bonds is 4. The second-order valence-corrected chi connectivity index (χ2v) is 5.69. The summed E-state index contributed by atoms with van der Waals surface area (Å²) in [6, 6.07) is 0. The van der Waals surface area contributed by atoms with Gasteiger partial charge < -0.3 is 10.0 Å². The Morgan fingerprint density at radius 2 is 2.19 bits per heavy atom. The first kappa shape index (κ1) is 11.8. The van der Waals surface area contributed by atoms with Crippen LogP contribution in [0, 0.1) is 5.92 Å². The van der Waals surface area contributed by atoms with Crippen LogP contribution in [0.1, 0.15) is 38.4 Å². The summed E-state index contributed by atoms with van der Waals surface area (Å²) in [4.78, 5) is 6.66. The molecule has 1 N–H and O–H groups in total. The molecule has 1 aromatic rings. The van der Waals surface area contributed by atoms with Crippen molar-refractivity contribution >= 4 is 16.7 Å². The van der Waals surface area contributed by atoms with Crippen molar-refractivity contribution < 1.29 is 5.11 Å². The van der Waals surface area contributed by atoms with Crippen LogP contribution in [0.15, 0.2) is 0 Å². The summed E-state index contributed by atoms with van der Waals surface area (Å²) in [5.74, 6) is 1.94. The van der Waals surface area contributed by atoms with Crippen LogP contribution in [0.2, 0.25) is 0 Å². The molecule has 4 nitrogen and oxygen atoms in total. The first-order valence-electron chi connectivity index (χ1n) is 5.79. The molecular weight excluding hydrogens is 222 g/mol. The van der Waals surface area contributed by atoms with Gasteiger partial charge in [-0.1, -0.05) is 13.8 Å². The van der Waals surface area contributed by atoms with Gasteiger partial charge in [0.2, 0.25) is 5.13 Å². The van der Waals surface area contributed by atoms with E-state index in [9.17, 15) is 5.11 Å². The molecule has 5 heteroatoms. The van der Waals surface area contributed by atoms with Crippen LogP contribution in [0.25, 0.3) is 0 Å². The first-order valence-corrected chi connectivity index (χ1v) is 6.56. The molecule has 0 aliphatic heterocycles. The minimum Gasteiger partial charge on any atom is -0.393 e. The van der Waals surface area contributed by atoms with Gasteiger partial charge in [-0.2, -0.15) is 4.37 Å². The Labute approximate surface area is 100 Å². The largest absolute Gasteiger partial charge is 0.393 e. The Bertz CT molecular complexity index is 347. The smallest absolute Gasteiger partial charge is 0.204 e. The van der Waals surface area contributed by atoms with Gasteiger partial charge in [-0.15, -0.1) is 0 Å². The molecule has 1 saturated carbocycles. The molecule has 90 valence electrons. The summed E-state index contributed by atoms with van der Waals surface area (Å²) in [6.45, 7) is 5.19. The lowest BCUT2D eigenvalue weighted by molar-refractivity contribution is 0.0465. The lowest BCUT2D eigenvalue weighted by Crippen LogP contribution is -2.37. The van der Waals surface area contributed by atoms with Crippen molar-refractivity contribution in [2.75, 3.05) is 18.5 Å². The fraction of sp³-hybridized carbons (Fsp3) is 0.818. The standard InChI is InChI=1S/C11H19N3OS/c1-7(2)10-12-11(16-13-10)14(3)6-8-4-9(15)5-8/h7-9,15H,4-6H2,1-3H3. The summed E-state index contributed by atoms with van der Waals surface area (Å²) in [5, 5.41) is 10.2. The van der Waals surface area contributed by atoms with Crippen molar-refractivity contribution in [1.82, 2.24) is 9.36 Å². The predicted octanol–water partition coefficient (Wildman–Crippen LogP) is 1.87. The van der Waals surface area contributed by atoms with E-state index in [0.717, 1.165) is 30.3 Å². The monoisotopic (exact) mass is 241 g/mol. The summed E-state index contributed by atoms with van der Waals surface area (Å²) in [5.41, 5.74) is 0. The van der Waals surface area contributed by atoms with Crippen molar-refractivity contribution in [3.05, 3.63) is 5.82 Å². The molecule has 0 saturated heterocycles. The van der Waals surface area contributed by atoms with Crippen LogP contribution < -0.4 is 4.90 Å². The van der Waals surface area contributed by atoms with Gasteiger partial charge in [0.05, 0.1) is 6.10 Å². The third-order valence-electron chi connectivity index (χ3n) is 3.02. The molecule has 0 unspecified atom stereocenters. The summed E-state index contributed by atoms with van der Waals surface area (Å²) < 4.78 is 4.34. The fourth-order valence-electron chi connectivity index (χ4n) is 1.93. The highest BCUT2D eigenvalue weighted by molar-refractivity contribution is 7.09. The molecule has 1 aliphatic rings. The van der Waals surface area contributed by atoms with Crippen molar-refractivity contribution in [2.24, 2.45) is 5.92 Å². The Hall–Kier alpha value is -0.680. The van der Waals surface area contributed by atoms with Crippen molar-refractivity contribution in [3.63, 3.8) is 0 Å². The van der Waals surface area contributed by atoms with E-state index < -0.39 is 0 Å². The zero-order chi connectivity index (χ0) is 11.7. The number of anilines is 1. The van der Waals surface area contributed by atoms with Gasteiger partial charge in [-0.3, -0.25) is 0 Å². The normalized spacial score (nSPS) is 24.6. The minimum atomic E-state index is -0.0703. The molecule has 1 aliphatic carbocycles. The molecular formula is C11H19N3OS. The summed E-state index contributed by atoms with van der Waals surface area (Å²) >= 11 is 1.47. The van der Waals surface area contributed by atoms with E-state index in [1.807, 2.05) is 0 Å².